The molecule has 0 aliphatic carbocycles. The predicted molar refractivity (Wildman–Crippen MR) is 97.5 cm³/mol. The van der Waals surface area contributed by atoms with Crippen molar-refractivity contribution in [3.05, 3.63) is 63.5 Å². The molecule has 2 N–H and O–H groups in total. The largest absolute Gasteiger partial charge is 0.480 e. The molecule has 4 rings (SSSR count). The number of aryl methyl sites for hydroxylation is 2. The summed E-state index contributed by atoms with van der Waals surface area (Å²) in [5, 5.41) is 10.0. The molecule has 0 radical (unpaired) electrons. The second kappa shape index (κ2) is 6.08. The molecule has 0 saturated carbocycles. The summed E-state index contributed by atoms with van der Waals surface area (Å²) in [7, 11) is 1.76. The van der Waals surface area contributed by atoms with Gasteiger partial charge in [0.2, 0.25) is 5.43 Å². The van der Waals surface area contributed by atoms with Crippen molar-refractivity contribution < 1.29 is 14.7 Å². The minimum atomic E-state index is -1.12. The van der Waals surface area contributed by atoms with Gasteiger partial charge < -0.3 is 19.6 Å². The maximum Gasteiger partial charge on any atom is 0.326 e. The van der Waals surface area contributed by atoms with E-state index in [4.69, 9.17) is 0 Å². The molecule has 1 atom stereocenters. The van der Waals surface area contributed by atoms with E-state index in [1.165, 1.54) is 17.4 Å². The van der Waals surface area contributed by atoms with Crippen LogP contribution in [0.15, 0.2) is 35.5 Å². The van der Waals surface area contributed by atoms with Crippen molar-refractivity contribution in [1.29, 1.82) is 0 Å². The van der Waals surface area contributed by atoms with Crippen molar-refractivity contribution in [3.8, 4) is 0 Å². The number of H-pyrrole nitrogens is 1. The van der Waals surface area contributed by atoms with E-state index in [2.05, 4.69) is 9.97 Å². The molecule has 3 heterocycles. The zero-order valence-electron chi connectivity index (χ0n) is 14.9. The lowest BCUT2D eigenvalue weighted by atomic mass is 10.0. The molecule has 1 aromatic carbocycles. The Labute approximate surface area is 154 Å². The fourth-order valence-corrected chi connectivity index (χ4v) is 3.58. The number of benzene rings is 1. The first-order chi connectivity index (χ1) is 12.9. The van der Waals surface area contributed by atoms with Crippen LogP contribution in [-0.2, 0) is 24.8 Å². The number of hydrogen-bond acceptors (Lipinski definition) is 4. The lowest BCUT2D eigenvalue weighted by Crippen LogP contribution is -2.49. The van der Waals surface area contributed by atoms with Gasteiger partial charge in [0, 0.05) is 25.1 Å². The predicted octanol–water partition coefficient (Wildman–Crippen LogP) is 1.22. The number of amides is 1. The van der Waals surface area contributed by atoms with E-state index in [0.29, 0.717) is 22.3 Å². The molecular formula is C19H18N4O4. The summed E-state index contributed by atoms with van der Waals surface area (Å²) in [6, 6.07) is 4.41. The van der Waals surface area contributed by atoms with Crippen molar-refractivity contribution in [2.75, 3.05) is 0 Å². The van der Waals surface area contributed by atoms with E-state index in [-0.39, 0.29) is 18.5 Å². The van der Waals surface area contributed by atoms with Crippen LogP contribution in [0.1, 0.15) is 27.3 Å². The van der Waals surface area contributed by atoms with Crippen LogP contribution >= 0.6 is 0 Å². The summed E-state index contributed by atoms with van der Waals surface area (Å²) in [4.78, 5) is 46.1. The third-order valence-electron chi connectivity index (χ3n) is 5.02. The van der Waals surface area contributed by atoms with Gasteiger partial charge in [-0.05, 0) is 19.1 Å². The molecule has 0 fully saturated rings. The highest BCUT2D eigenvalue weighted by molar-refractivity contribution is 5.99. The van der Waals surface area contributed by atoms with Crippen molar-refractivity contribution in [1.82, 2.24) is 19.4 Å². The standard InChI is InChI=1S/C19H18N4O4/c1-10-3-4-15-11(5-10)17(24)12(7-22(15)2)18(25)23-8-14-13(20-9-21-14)6-16(23)19(26)27/h3-5,7,9,16H,6,8H2,1-2H3,(H,20,21)(H,26,27). The zero-order chi connectivity index (χ0) is 19.3. The van der Waals surface area contributed by atoms with E-state index in [1.54, 1.807) is 17.7 Å². The van der Waals surface area contributed by atoms with Crippen molar-refractivity contribution in [2.24, 2.45) is 7.05 Å². The van der Waals surface area contributed by atoms with Crippen molar-refractivity contribution in [3.63, 3.8) is 0 Å². The molecule has 27 heavy (non-hydrogen) atoms. The summed E-state index contributed by atoms with van der Waals surface area (Å²) >= 11 is 0. The fourth-order valence-electron chi connectivity index (χ4n) is 3.58. The Morgan fingerprint density at radius 2 is 2.11 bits per heavy atom. The Hall–Kier alpha value is -3.42. The number of carboxylic acids is 1. The quantitative estimate of drug-likeness (QED) is 0.709. The van der Waals surface area contributed by atoms with Crippen LogP contribution in [0.4, 0.5) is 0 Å². The van der Waals surface area contributed by atoms with E-state index >= 15 is 0 Å². The minimum Gasteiger partial charge on any atom is -0.480 e. The lowest BCUT2D eigenvalue weighted by Gasteiger charge is -2.32. The first-order valence-corrected chi connectivity index (χ1v) is 8.51. The third-order valence-corrected chi connectivity index (χ3v) is 5.02. The monoisotopic (exact) mass is 366 g/mol. The number of nitrogens with one attached hydrogen (secondary N) is 1. The molecule has 0 saturated heterocycles. The average Bonchev–Trinajstić information content (AvgIpc) is 3.10. The molecule has 1 aliphatic heterocycles. The molecule has 3 aromatic rings. The molecule has 8 heteroatoms. The maximum absolute atomic E-state index is 13.2. The molecule has 1 aliphatic rings. The first-order valence-electron chi connectivity index (χ1n) is 8.51. The smallest absolute Gasteiger partial charge is 0.326 e. The van der Waals surface area contributed by atoms with Gasteiger partial charge >= 0.3 is 5.97 Å². The Bertz CT molecular complexity index is 1140. The van der Waals surface area contributed by atoms with Crippen molar-refractivity contribution in [2.45, 2.75) is 25.9 Å². The van der Waals surface area contributed by atoms with Gasteiger partial charge in [0.25, 0.3) is 5.91 Å². The Morgan fingerprint density at radius 1 is 1.33 bits per heavy atom. The number of fused-ring (bicyclic) bond motifs is 2. The summed E-state index contributed by atoms with van der Waals surface area (Å²) in [5.41, 5.74) is 2.52. The van der Waals surface area contributed by atoms with E-state index in [9.17, 15) is 19.5 Å². The fraction of sp³-hybridized carbons (Fsp3) is 0.263. The summed E-state index contributed by atoms with van der Waals surface area (Å²) in [6.07, 6.45) is 3.06. The number of carbonyl (C=O) groups excluding carboxylic acids is 1. The SMILES string of the molecule is Cc1ccc2c(c1)c(=O)c(C(=O)N1Cc3[nH]cnc3CC1C(=O)O)cn2C. The van der Waals surface area contributed by atoms with Gasteiger partial charge in [-0.3, -0.25) is 9.59 Å². The molecule has 8 nitrogen and oxygen atoms in total. The van der Waals surface area contributed by atoms with Crippen LogP contribution in [0.25, 0.3) is 10.9 Å². The van der Waals surface area contributed by atoms with Gasteiger partial charge in [-0.25, -0.2) is 9.78 Å². The number of aromatic nitrogens is 3. The topological polar surface area (TPSA) is 108 Å². The second-order valence-corrected chi connectivity index (χ2v) is 6.82. The number of aromatic amines is 1. The van der Waals surface area contributed by atoms with Gasteiger partial charge in [-0.15, -0.1) is 0 Å². The molecule has 0 spiro atoms. The second-order valence-electron chi connectivity index (χ2n) is 6.82. The lowest BCUT2D eigenvalue weighted by molar-refractivity contribution is -0.142. The van der Waals surface area contributed by atoms with Crippen molar-refractivity contribution >= 4 is 22.8 Å². The molecule has 1 amide bonds. The number of pyridine rings is 1. The number of carboxylic acid groups (broad SMARTS) is 1. The molecule has 1 unspecified atom stereocenters. The van der Waals surface area contributed by atoms with Crippen LogP contribution in [0.3, 0.4) is 0 Å². The highest BCUT2D eigenvalue weighted by atomic mass is 16.4. The number of imidazole rings is 1. The summed E-state index contributed by atoms with van der Waals surface area (Å²) in [5.74, 6) is -1.71. The van der Waals surface area contributed by atoms with Gasteiger partial charge in [0.05, 0.1) is 29.8 Å². The van der Waals surface area contributed by atoms with Crippen LogP contribution in [0, 0.1) is 6.92 Å². The highest BCUT2D eigenvalue weighted by Gasteiger charge is 2.37. The van der Waals surface area contributed by atoms with Gasteiger partial charge in [0.15, 0.2) is 0 Å². The Kier molecular flexibility index (Phi) is 3.83. The number of nitrogens with zero attached hydrogens (tertiary/aromatic N) is 3. The maximum atomic E-state index is 13.2. The van der Waals surface area contributed by atoms with Crippen LogP contribution in [0.5, 0.6) is 0 Å². The highest BCUT2D eigenvalue weighted by Crippen LogP contribution is 2.23. The number of rotatable bonds is 2. The summed E-state index contributed by atoms with van der Waals surface area (Å²) < 4.78 is 1.71. The van der Waals surface area contributed by atoms with Gasteiger partial charge in [-0.1, -0.05) is 11.6 Å². The Morgan fingerprint density at radius 3 is 2.85 bits per heavy atom. The van der Waals surface area contributed by atoms with Gasteiger partial charge in [-0.2, -0.15) is 0 Å². The molecule has 138 valence electrons. The Balaban J connectivity index is 1.83. The molecule has 0 bridgehead atoms. The number of aliphatic carboxylic acids is 1. The third kappa shape index (κ3) is 2.69. The number of carbonyl (C=O) groups is 2. The molecule has 2 aromatic heterocycles. The van der Waals surface area contributed by atoms with E-state index < -0.39 is 23.3 Å². The average molecular weight is 366 g/mol. The number of hydrogen-bond donors (Lipinski definition) is 2. The minimum absolute atomic E-state index is 0.0372. The van der Waals surface area contributed by atoms with E-state index in [1.807, 2.05) is 19.1 Å². The first kappa shape index (κ1) is 17.0. The summed E-state index contributed by atoms with van der Waals surface area (Å²) in [6.45, 7) is 1.94. The van der Waals surface area contributed by atoms with Gasteiger partial charge in [0.1, 0.15) is 11.6 Å². The van der Waals surface area contributed by atoms with Crippen LogP contribution < -0.4 is 5.43 Å². The van der Waals surface area contributed by atoms with Crippen LogP contribution in [-0.4, -0.2) is 42.5 Å². The molecular weight excluding hydrogens is 348 g/mol. The van der Waals surface area contributed by atoms with Crippen LogP contribution in [0.2, 0.25) is 0 Å². The normalized spacial score (nSPS) is 16.4. The van der Waals surface area contributed by atoms with E-state index in [0.717, 1.165) is 5.56 Å². The zero-order valence-corrected chi connectivity index (χ0v) is 14.9.